The zero-order chi connectivity index (χ0) is 13.2. The summed E-state index contributed by atoms with van der Waals surface area (Å²) in [5.41, 5.74) is 0.970. The van der Waals surface area contributed by atoms with Gasteiger partial charge in [0, 0.05) is 28.7 Å². The number of rotatable bonds is 3. The van der Waals surface area contributed by atoms with Gasteiger partial charge in [-0.25, -0.2) is 4.98 Å². The molecule has 1 N–H and O–H groups in total. The Morgan fingerprint density at radius 2 is 2.00 bits per heavy atom. The molecule has 0 bridgehead atoms. The van der Waals surface area contributed by atoms with Gasteiger partial charge in [0.1, 0.15) is 10.7 Å². The van der Waals surface area contributed by atoms with Gasteiger partial charge in [0.2, 0.25) is 0 Å². The molecule has 1 unspecified atom stereocenters. The molecule has 3 aromatic rings. The van der Waals surface area contributed by atoms with E-state index in [0.29, 0.717) is 6.04 Å². The molecule has 3 nitrogen and oxygen atoms in total. The van der Waals surface area contributed by atoms with E-state index < -0.39 is 0 Å². The molecule has 96 valence electrons. The molecular weight excluding hydrogens is 254 g/mol. The van der Waals surface area contributed by atoms with E-state index in [2.05, 4.69) is 34.3 Å². The van der Waals surface area contributed by atoms with Gasteiger partial charge < -0.3 is 5.32 Å². The van der Waals surface area contributed by atoms with Crippen molar-refractivity contribution in [1.82, 2.24) is 15.3 Å². The number of aromatic nitrogens is 2. The Balaban J connectivity index is 2.12. The van der Waals surface area contributed by atoms with Crippen LogP contribution in [0.25, 0.3) is 21.5 Å². The van der Waals surface area contributed by atoms with E-state index in [-0.39, 0.29) is 0 Å². The van der Waals surface area contributed by atoms with Crippen LogP contribution in [0.4, 0.5) is 0 Å². The van der Waals surface area contributed by atoms with Crippen LogP contribution in [0.15, 0.2) is 42.7 Å². The lowest BCUT2D eigenvalue weighted by Crippen LogP contribution is -2.10. The van der Waals surface area contributed by atoms with Crippen molar-refractivity contribution in [1.29, 1.82) is 0 Å². The first-order valence-electron chi connectivity index (χ1n) is 6.26. The van der Waals surface area contributed by atoms with Gasteiger partial charge in [-0.15, -0.1) is 11.3 Å². The van der Waals surface area contributed by atoms with Crippen molar-refractivity contribution >= 4 is 22.1 Å². The van der Waals surface area contributed by atoms with Crippen molar-refractivity contribution < 1.29 is 0 Å². The Bertz CT molecular complexity index is 700. The molecule has 1 atom stereocenters. The molecule has 1 aromatic carbocycles. The largest absolute Gasteiger partial charge is 0.312 e. The molecule has 2 aromatic heterocycles. The zero-order valence-electron chi connectivity index (χ0n) is 10.9. The Labute approximate surface area is 116 Å². The van der Waals surface area contributed by atoms with Crippen molar-refractivity contribution in [3.8, 4) is 10.7 Å². The molecule has 0 radical (unpaired) electrons. The molecule has 0 aliphatic rings. The van der Waals surface area contributed by atoms with Crippen LogP contribution in [0.5, 0.6) is 0 Å². The van der Waals surface area contributed by atoms with Gasteiger partial charge in [0.05, 0.1) is 0 Å². The van der Waals surface area contributed by atoms with Crippen LogP contribution in [-0.2, 0) is 0 Å². The maximum absolute atomic E-state index is 4.52. The summed E-state index contributed by atoms with van der Waals surface area (Å²) in [7, 11) is 1.96. The smallest absolute Gasteiger partial charge is 0.142 e. The lowest BCUT2D eigenvalue weighted by molar-refractivity contribution is 0.662. The minimum Gasteiger partial charge on any atom is -0.312 e. The lowest BCUT2D eigenvalue weighted by Gasteiger charge is -2.05. The average molecular weight is 269 g/mol. The number of hydrogen-bond acceptors (Lipinski definition) is 4. The van der Waals surface area contributed by atoms with Crippen LogP contribution >= 0.6 is 11.3 Å². The fourth-order valence-corrected chi connectivity index (χ4v) is 3.02. The molecule has 2 heterocycles. The summed E-state index contributed by atoms with van der Waals surface area (Å²) >= 11 is 1.70. The van der Waals surface area contributed by atoms with E-state index in [1.807, 2.05) is 37.6 Å². The number of hydrogen-bond donors (Lipinski definition) is 1. The van der Waals surface area contributed by atoms with Crippen LogP contribution in [0.1, 0.15) is 17.8 Å². The third-order valence-electron chi connectivity index (χ3n) is 3.26. The molecule has 0 fully saturated rings. The quantitative estimate of drug-likeness (QED) is 0.789. The summed E-state index contributed by atoms with van der Waals surface area (Å²) in [5.74, 6) is 0. The highest BCUT2D eigenvalue weighted by molar-refractivity contribution is 7.15. The predicted octanol–water partition coefficient (Wildman–Crippen LogP) is 3.64. The molecule has 0 spiro atoms. The lowest BCUT2D eigenvalue weighted by atomic mass is 10.1. The second-order valence-electron chi connectivity index (χ2n) is 4.46. The van der Waals surface area contributed by atoms with Gasteiger partial charge in [0.25, 0.3) is 0 Å². The molecule has 0 aliphatic carbocycles. The summed E-state index contributed by atoms with van der Waals surface area (Å²) in [5, 5.41) is 6.57. The molecule has 19 heavy (non-hydrogen) atoms. The number of benzene rings is 1. The van der Waals surface area contributed by atoms with Crippen molar-refractivity contribution in [2.24, 2.45) is 0 Å². The first kappa shape index (κ1) is 12.3. The molecule has 0 aliphatic heterocycles. The maximum atomic E-state index is 4.52. The van der Waals surface area contributed by atoms with E-state index in [9.17, 15) is 0 Å². The van der Waals surface area contributed by atoms with Crippen LogP contribution in [0, 0.1) is 0 Å². The van der Waals surface area contributed by atoms with Gasteiger partial charge >= 0.3 is 0 Å². The third kappa shape index (κ3) is 2.25. The Morgan fingerprint density at radius 3 is 2.84 bits per heavy atom. The SMILES string of the molecule is CNC(C)c1cnc(-c2nccc3ccccc23)s1. The molecule has 0 saturated carbocycles. The van der Waals surface area contributed by atoms with Crippen LogP contribution in [-0.4, -0.2) is 17.0 Å². The Hall–Kier alpha value is -1.78. The highest BCUT2D eigenvalue weighted by Gasteiger charge is 2.12. The second kappa shape index (κ2) is 5.07. The normalized spacial score (nSPS) is 12.7. The van der Waals surface area contributed by atoms with E-state index in [4.69, 9.17) is 0 Å². The standard InChI is InChI=1S/C15H15N3S/c1-10(16-2)13-9-18-15(19-13)14-12-6-4-3-5-11(12)7-8-17-14/h3-10,16H,1-2H3. The molecule has 0 saturated heterocycles. The Kier molecular flexibility index (Phi) is 3.27. The highest BCUT2D eigenvalue weighted by atomic mass is 32.1. The van der Waals surface area contributed by atoms with Gasteiger partial charge in [-0.3, -0.25) is 4.98 Å². The van der Waals surface area contributed by atoms with Gasteiger partial charge in [-0.1, -0.05) is 24.3 Å². The maximum Gasteiger partial charge on any atom is 0.142 e. The van der Waals surface area contributed by atoms with Gasteiger partial charge in [-0.05, 0) is 25.4 Å². The van der Waals surface area contributed by atoms with Crippen LogP contribution < -0.4 is 5.32 Å². The summed E-state index contributed by atoms with van der Waals surface area (Å²) < 4.78 is 0. The van der Waals surface area contributed by atoms with E-state index in [1.165, 1.54) is 10.3 Å². The number of nitrogens with one attached hydrogen (secondary N) is 1. The van der Waals surface area contributed by atoms with Crippen molar-refractivity contribution in [3.05, 3.63) is 47.6 Å². The Morgan fingerprint density at radius 1 is 1.16 bits per heavy atom. The molecule has 0 amide bonds. The topological polar surface area (TPSA) is 37.8 Å². The van der Waals surface area contributed by atoms with Crippen molar-refractivity contribution in [2.75, 3.05) is 7.05 Å². The third-order valence-corrected chi connectivity index (χ3v) is 4.45. The second-order valence-corrected chi connectivity index (χ2v) is 5.52. The van der Waals surface area contributed by atoms with Gasteiger partial charge in [-0.2, -0.15) is 0 Å². The van der Waals surface area contributed by atoms with Crippen molar-refractivity contribution in [3.63, 3.8) is 0 Å². The number of fused-ring (bicyclic) bond motifs is 1. The summed E-state index contributed by atoms with van der Waals surface area (Å²) in [6, 6.07) is 10.6. The minimum atomic E-state index is 0.321. The number of nitrogens with zero attached hydrogens (tertiary/aromatic N) is 2. The first-order valence-corrected chi connectivity index (χ1v) is 7.08. The summed E-state index contributed by atoms with van der Waals surface area (Å²) in [6.07, 6.45) is 3.78. The first-order chi connectivity index (χ1) is 9.29. The summed E-state index contributed by atoms with van der Waals surface area (Å²) in [4.78, 5) is 10.3. The molecule has 4 heteroatoms. The fraction of sp³-hybridized carbons (Fsp3) is 0.200. The average Bonchev–Trinajstić information content (AvgIpc) is 2.95. The van der Waals surface area contributed by atoms with E-state index in [0.717, 1.165) is 16.1 Å². The van der Waals surface area contributed by atoms with E-state index in [1.54, 1.807) is 11.3 Å². The highest BCUT2D eigenvalue weighted by Crippen LogP contribution is 2.31. The molecule has 3 rings (SSSR count). The molecular formula is C15H15N3S. The minimum absolute atomic E-state index is 0.321. The number of pyridine rings is 1. The van der Waals surface area contributed by atoms with E-state index >= 15 is 0 Å². The van der Waals surface area contributed by atoms with Crippen LogP contribution in [0.3, 0.4) is 0 Å². The van der Waals surface area contributed by atoms with Crippen LogP contribution in [0.2, 0.25) is 0 Å². The zero-order valence-corrected chi connectivity index (χ0v) is 11.7. The monoisotopic (exact) mass is 269 g/mol. The fourth-order valence-electron chi connectivity index (χ4n) is 2.03. The summed E-state index contributed by atoms with van der Waals surface area (Å²) in [6.45, 7) is 2.13. The number of thiazole rings is 1. The van der Waals surface area contributed by atoms with Gasteiger partial charge in [0.15, 0.2) is 0 Å². The predicted molar refractivity (Wildman–Crippen MR) is 80.3 cm³/mol. The van der Waals surface area contributed by atoms with Crippen molar-refractivity contribution in [2.45, 2.75) is 13.0 Å².